The van der Waals surface area contributed by atoms with Gasteiger partial charge in [-0.05, 0) is 34.9 Å². The first kappa shape index (κ1) is 13.9. The summed E-state index contributed by atoms with van der Waals surface area (Å²) in [6.07, 6.45) is 2.59. The Morgan fingerprint density at radius 1 is 1.35 bits per heavy atom. The number of aromatic nitrogens is 4. The van der Waals surface area contributed by atoms with Crippen molar-refractivity contribution in [3.8, 4) is 0 Å². The second-order valence-corrected chi connectivity index (χ2v) is 6.14. The molecule has 1 saturated carbocycles. The van der Waals surface area contributed by atoms with Gasteiger partial charge in [0.15, 0.2) is 0 Å². The highest BCUT2D eigenvalue weighted by atomic mass is 35.5. The summed E-state index contributed by atoms with van der Waals surface area (Å²) in [7, 11) is 0. The quantitative estimate of drug-likeness (QED) is 0.796. The van der Waals surface area contributed by atoms with Crippen molar-refractivity contribution in [3.63, 3.8) is 0 Å². The molecule has 0 bridgehead atoms. The zero-order chi connectivity index (χ0) is 13.8. The van der Waals surface area contributed by atoms with Crippen molar-refractivity contribution in [2.45, 2.75) is 36.3 Å². The summed E-state index contributed by atoms with van der Waals surface area (Å²) < 4.78 is 1.84. The standard InChI is InChI=1S/C13H16ClN5S/c14-12-4-2-1-3-10(12)9-20-13-16-17-18-19(13)8-7-15-11-5-6-11/h1-4,11,15H,5-9H2. The molecule has 1 heterocycles. The molecule has 5 nitrogen and oxygen atoms in total. The Hall–Kier alpha value is -1.11. The maximum atomic E-state index is 6.15. The van der Waals surface area contributed by atoms with Crippen molar-refractivity contribution in [1.29, 1.82) is 0 Å². The maximum Gasteiger partial charge on any atom is 0.209 e. The highest BCUT2D eigenvalue weighted by Crippen LogP contribution is 2.24. The Bertz CT molecular complexity index is 569. The normalized spacial score (nSPS) is 14.7. The number of nitrogens with zero attached hydrogens (tertiary/aromatic N) is 4. The Balaban J connectivity index is 1.54. The molecule has 2 aromatic rings. The largest absolute Gasteiger partial charge is 0.312 e. The first-order chi connectivity index (χ1) is 9.83. The lowest BCUT2D eigenvalue weighted by atomic mass is 10.2. The smallest absolute Gasteiger partial charge is 0.209 e. The van der Waals surface area contributed by atoms with E-state index >= 15 is 0 Å². The number of hydrogen-bond acceptors (Lipinski definition) is 5. The lowest BCUT2D eigenvalue weighted by molar-refractivity contribution is 0.509. The first-order valence-corrected chi connectivity index (χ1v) is 8.05. The van der Waals surface area contributed by atoms with E-state index in [4.69, 9.17) is 11.6 Å². The molecule has 0 atom stereocenters. The van der Waals surface area contributed by atoms with Crippen molar-refractivity contribution >= 4 is 23.4 Å². The minimum absolute atomic E-state index is 0.714. The molecule has 3 rings (SSSR count). The lowest BCUT2D eigenvalue weighted by Crippen LogP contribution is -2.22. The van der Waals surface area contributed by atoms with E-state index < -0.39 is 0 Å². The zero-order valence-electron chi connectivity index (χ0n) is 11.0. The van der Waals surface area contributed by atoms with Gasteiger partial charge in [0.25, 0.3) is 0 Å². The van der Waals surface area contributed by atoms with Crippen molar-refractivity contribution in [2.24, 2.45) is 0 Å². The number of tetrazole rings is 1. The topological polar surface area (TPSA) is 55.6 Å². The zero-order valence-corrected chi connectivity index (χ0v) is 12.6. The van der Waals surface area contributed by atoms with Gasteiger partial charge in [0, 0.05) is 23.4 Å². The number of benzene rings is 1. The fraction of sp³-hybridized carbons (Fsp3) is 0.462. The molecule has 1 aromatic heterocycles. The maximum absolute atomic E-state index is 6.15. The van der Waals surface area contributed by atoms with Crippen molar-refractivity contribution in [2.75, 3.05) is 6.54 Å². The summed E-state index contributed by atoms with van der Waals surface area (Å²) in [5.41, 5.74) is 1.10. The van der Waals surface area contributed by atoms with Gasteiger partial charge in [0.05, 0.1) is 6.54 Å². The molecule has 1 fully saturated rings. The predicted octanol–water partition coefficient (Wildman–Crippen LogP) is 2.37. The van der Waals surface area contributed by atoms with Gasteiger partial charge in [-0.15, -0.1) is 5.10 Å². The molecule has 0 amide bonds. The molecule has 1 N–H and O–H groups in total. The molecule has 0 radical (unpaired) electrons. The van der Waals surface area contributed by atoms with Gasteiger partial charge in [-0.3, -0.25) is 0 Å². The molecule has 1 aliphatic carbocycles. The third-order valence-electron chi connectivity index (χ3n) is 3.15. The highest BCUT2D eigenvalue weighted by molar-refractivity contribution is 7.98. The van der Waals surface area contributed by atoms with E-state index in [0.717, 1.165) is 34.6 Å². The molecule has 0 saturated heterocycles. The second-order valence-electron chi connectivity index (χ2n) is 4.79. The molecule has 106 valence electrons. The average Bonchev–Trinajstić information content (AvgIpc) is 3.17. The van der Waals surface area contributed by atoms with Crippen LogP contribution in [0.3, 0.4) is 0 Å². The van der Waals surface area contributed by atoms with Crippen LogP contribution in [-0.4, -0.2) is 32.8 Å². The minimum Gasteiger partial charge on any atom is -0.312 e. The fourth-order valence-corrected chi connectivity index (χ4v) is 3.05. The highest BCUT2D eigenvalue weighted by Gasteiger charge is 2.20. The van der Waals surface area contributed by atoms with Crippen LogP contribution < -0.4 is 5.32 Å². The van der Waals surface area contributed by atoms with Crippen molar-refractivity contribution < 1.29 is 0 Å². The Morgan fingerprint density at radius 2 is 2.20 bits per heavy atom. The summed E-state index contributed by atoms with van der Waals surface area (Å²) in [6.45, 7) is 1.71. The van der Waals surface area contributed by atoms with E-state index in [9.17, 15) is 0 Å². The molecule has 20 heavy (non-hydrogen) atoms. The number of thioether (sulfide) groups is 1. The van der Waals surface area contributed by atoms with Crippen LogP contribution in [0, 0.1) is 0 Å². The molecule has 0 unspecified atom stereocenters. The molecule has 0 spiro atoms. The van der Waals surface area contributed by atoms with E-state index in [2.05, 4.69) is 20.8 Å². The second kappa shape index (κ2) is 6.56. The number of rotatable bonds is 7. The van der Waals surface area contributed by atoms with Gasteiger partial charge in [-0.25, -0.2) is 4.68 Å². The monoisotopic (exact) mass is 309 g/mol. The van der Waals surface area contributed by atoms with E-state index in [1.807, 2.05) is 28.9 Å². The van der Waals surface area contributed by atoms with Gasteiger partial charge in [-0.2, -0.15) is 0 Å². The number of nitrogens with one attached hydrogen (secondary N) is 1. The minimum atomic E-state index is 0.714. The summed E-state index contributed by atoms with van der Waals surface area (Å²) in [5, 5.41) is 16.9. The summed E-state index contributed by atoms with van der Waals surface area (Å²) in [5.74, 6) is 0.774. The van der Waals surface area contributed by atoms with E-state index in [-0.39, 0.29) is 0 Å². The van der Waals surface area contributed by atoms with Crippen LogP contribution in [0.1, 0.15) is 18.4 Å². The molecule has 7 heteroatoms. The van der Waals surface area contributed by atoms with Gasteiger partial charge < -0.3 is 5.32 Å². The van der Waals surface area contributed by atoms with Crippen LogP contribution in [-0.2, 0) is 12.3 Å². The molecular weight excluding hydrogens is 294 g/mol. The average molecular weight is 310 g/mol. The van der Waals surface area contributed by atoms with Crippen LogP contribution in [0.4, 0.5) is 0 Å². The van der Waals surface area contributed by atoms with Crippen LogP contribution in [0.2, 0.25) is 5.02 Å². The summed E-state index contributed by atoms with van der Waals surface area (Å²) in [4.78, 5) is 0. The Kier molecular flexibility index (Phi) is 4.54. The number of hydrogen-bond donors (Lipinski definition) is 1. The molecule has 0 aliphatic heterocycles. The fourth-order valence-electron chi connectivity index (χ4n) is 1.86. The number of halogens is 1. The summed E-state index contributed by atoms with van der Waals surface area (Å²) in [6, 6.07) is 8.57. The molecule has 1 aliphatic rings. The lowest BCUT2D eigenvalue weighted by Gasteiger charge is -2.06. The van der Waals surface area contributed by atoms with Crippen LogP contribution in [0.25, 0.3) is 0 Å². The van der Waals surface area contributed by atoms with Crippen molar-refractivity contribution in [3.05, 3.63) is 34.9 Å². The predicted molar refractivity (Wildman–Crippen MR) is 79.9 cm³/mol. The van der Waals surface area contributed by atoms with Crippen molar-refractivity contribution in [1.82, 2.24) is 25.5 Å². The van der Waals surface area contributed by atoms with Gasteiger partial charge >= 0.3 is 0 Å². The van der Waals surface area contributed by atoms with Crippen LogP contribution in [0.5, 0.6) is 0 Å². The first-order valence-electron chi connectivity index (χ1n) is 6.68. The Morgan fingerprint density at radius 3 is 3.00 bits per heavy atom. The van der Waals surface area contributed by atoms with Crippen LogP contribution >= 0.6 is 23.4 Å². The van der Waals surface area contributed by atoms with Gasteiger partial charge in [-0.1, -0.05) is 41.6 Å². The molecular formula is C13H16ClN5S. The van der Waals surface area contributed by atoms with E-state index in [1.165, 1.54) is 12.8 Å². The van der Waals surface area contributed by atoms with Gasteiger partial charge in [0.2, 0.25) is 5.16 Å². The van der Waals surface area contributed by atoms with Crippen LogP contribution in [0.15, 0.2) is 29.4 Å². The summed E-state index contributed by atoms with van der Waals surface area (Å²) >= 11 is 7.76. The van der Waals surface area contributed by atoms with Gasteiger partial charge in [0.1, 0.15) is 0 Å². The SMILES string of the molecule is Clc1ccccc1CSc1nnnn1CCNC1CC1. The Labute approximate surface area is 127 Å². The molecule has 1 aromatic carbocycles. The third kappa shape index (κ3) is 3.71. The van der Waals surface area contributed by atoms with E-state index in [1.54, 1.807) is 11.8 Å². The van der Waals surface area contributed by atoms with E-state index in [0.29, 0.717) is 6.04 Å². The third-order valence-corrected chi connectivity index (χ3v) is 4.52.